The van der Waals surface area contributed by atoms with E-state index in [9.17, 15) is 4.79 Å². The Kier molecular flexibility index (Phi) is 4.64. The number of carbonyl (C=O) groups is 1. The number of hydrogen-bond donors (Lipinski definition) is 2. The molecule has 0 bridgehead atoms. The van der Waals surface area contributed by atoms with Crippen LogP contribution >= 0.6 is 0 Å². The lowest BCUT2D eigenvalue weighted by Gasteiger charge is -2.23. The molecule has 1 aromatic carbocycles. The van der Waals surface area contributed by atoms with Crippen molar-refractivity contribution in [2.75, 3.05) is 31.6 Å². The normalized spacial score (nSPS) is 20.9. The first-order valence-electron chi connectivity index (χ1n) is 8.21. The van der Waals surface area contributed by atoms with Gasteiger partial charge in [-0.25, -0.2) is 0 Å². The Hall–Kier alpha value is -1.59. The number of amides is 1. The summed E-state index contributed by atoms with van der Waals surface area (Å²) in [5.41, 5.74) is 3.48. The van der Waals surface area contributed by atoms with Gasteiger partial charge in [0, 0.05) is 13.6 Å². The van der Waals surface area contributed by atoms with E-state index >= 15 is 0 Å². The molecule has 2 N–H and O–H groups in total. The molecule has 0 aromatic heterocycles. The highest BCUT2D eigenvalue weighted by molar-refractivity contribution is 5.99. The molecule has 0 radical (unpaired) electrons. The van der Waals surface area contributed by atoms with E-state index in [1.54, 1.807) is 4.90 Å². The predicted octanol–water partition coefficient (Wildman–Crippen LogP) is 1.45. The molecule has 120 valence electrons. The van der Waals surface area contributed by atoms with Gasteiger partial charge in [0.2, 0.25) is 5.91 Å². The summed E-state index contributed by atoms with van der Waals surface area (Å²) in [5, 5.41) is 6.69. The maximum absolute atomic E-state index is 12.6. The van der Waals surface area contributed by atoms with Gasteiger partial charge in [-0.05, 0) is 49.2 Å². The van der Waals surface area contributed by atoms with Gasteiger partial charge in [-0.3, -0.25) is 4.79 Å². The fourth-order valence-electron chi connectivity index (χ4n) is 3.07. The molecule has 2 aliphatic heterocycles. The molecular formula is C17H25N3O2. The van der Waals surface area contributed by atoms with Crippen LogP contribution in [0.3, 0.4) is 0 Å². The maximum atomic E-state index is 12.6. The molecule has 2 heterocycles. The second-order valence-electron chi connectivity index (χ2n) is 6.08. The van der Waals surface area contributed by atoms with Crippen LogP contribution in [0.15, 0.2) is 12.1 Å². The Labute approximate surface area is 132 Å². The van der Waals surface area contributed by atoms with Crippen molar-refractivity contribution in [3.8, 4) is 5.75 Å². The number of nitrogens with zero attached hydrogens (tertiary/aromatic N) is 1. The third kappa shape index (κ3) is 2.96. The number of hydrogen-bond acceptors (Lipinski definition) is 4. The lowest BCUT2D eigenvalue weighted by Crippen LogP contribution is -2.47. The zero-order valence-electron chi connectivity index (χ0n) is 13.4. The minimum atomic E-state index is -0.265. The van der Waals surface area contributed by atoms with Crippen LogP contribution in [0.4, 0.5) is 5.69 Å². The average molecular weight is 303 g/mol. The summed E-state index contributed by atoms with van der Waals surface area (Å²) in [6, 6.07) is 3.95. The number of rotatable bonds is 4. The number of carbonyl (C=O) groups excluding carboxylic acids is 1. The molecule has 1 amide bonds. The van der Waals surface area contributed by atoms with Gasteiger partial charge in [0.05, 0.1) is 5.69 Å². The van der Waals surface area contributed by atoms with Crippen LogP contribution in [0.1, 0.15) is 30.9 Å². The molecule has 1 atom stereocenters. The summed E-state index contributed by atoms with van der Waals surface area (Å²) in [5.74, 6) is 0.912. The molecule has 22 heavy (non-hydrogen) atoms. The fraction of sp³-hybridized carbons (Fsp3) is 0.588. The maximum Gasteiger partial charge on any atom is 0.247 e. The lowest BCUT2D eigenvalue weighted by molar-refractivity contribution is -0.120. The van der Waals surface area contributed by atoms with Gasteiger partial charge in [0.1, 0.15) is 18.4 Å². The van der Waals surface area contributed by atoms with Crippen LogP contribution in [-0.4, -0.2) is 38.7 Å². The molecule has 0 unspecified atom stereocenters. The summed E-state index contributed by atoms with van der Waals surface area (Å²) in [7, 11) is 1.84. The molecular weight excluding hydrogens is 278 g/mol. The number of likely N-dealkylation sites (N-methyl/N-ethyl adjacent to an activating group) is 1. The molecule has 0 aliphatic carbocycles. The van der Waals surface area contributed by atoms with Gasteiger partial charge in [-0.2, -0.15) is 0 Å². The number of fused-ring (bicyclic) bond motifs is 2. The van der Waals surface area contributed by atoms with Crippen molar-refractivity contribution in [1.29, 1.82) is 0 Å². The zero-order chi connectivity index (χ0) is 15.5. The first-order valence-corrected chi connectivity index (χ1v) is 8.21. The van der Waals surface area contributed by atoms with Crippen molar-refractivity contribution in [3.63, 3.8) is 0 Å². The number of benzene rings is 1. The largest absolute Gasteiger partial charge is 0.489 e. The number of anilines is 1. The van der Waals surface area contributed by atoms with E-state index in [-0.39, 0.29) is 11.9 Å². The summed E-state index contributed by atoms with van der Waals surface area (Å²) in [6.45, 7) is 5.26. The van der Waals surface area contributed by atoms with Crippen LogP contribution in [0.25, 0.3) is 0 Å². The van der Waals surface area contributed by atoms with Crippen LogP contribution in [0.2, 0.25) is 0 Å². The Morgan fingerprint density at radius 3 is 3.09 bits per heavy atom. The van der Waals surface area contributed by atoms with Crippen molar-refractivity contribution >= 4 is 11.6 Å². The van der Waals surface area contributed by atoms with Crippen molar-refractivity contribution < 1.29 is 9.53 Å². The topological polar surface area (TPSA) is 53.6 Å². The van der Waals surface area contributed by atoms with E-state index in [0.717, 1.165) is 50.3 Å². The number of nitrogens with one attached hydrogen (secondary N) is 2. The Balaban J connectivity index is 1.83. The van der Waals surface area contributed by atoms with E-state index in [2.05, 4.69) is 29.7 Å². The van der Waals surface area contributed by atoms with Crippen LogP contribution in [-0.2, 0) is 17.8 Å². The number of unbranched alkanes of at least 4 members (excludes halogenated alkanes) is 1. The smallest absolute Gasteiger partial charge is 0.247 e. The third-order valence-electron chi connectivity index (χ3n) is 4.48. The SMILES string of the molecule is CCCCN[C@H]1COc2cc3c(cc2N(C)C1=O)CNCC3. The van der Waals surface area contributed by atoms with E-state index in [4.69, 9.17) is 4.74 Å². The Bertz CT molecular complexity index is 559. The van der Waals surface area contributed by atoms with Gasteiger partial charge < -0.3 is 20.3 Å². The second kappa shape index (κ2) is 6.67. The second-order valence-corrected chi connectivity index (χ2v) is 6.08. The standard InChI is InChI=1S/C17H25N3O2/c1-3-4-6-19-14-11-22-16-9-12-5-7-18-10-13(12)8-15(16)20(2)17(14)21/h8-9,14,18-19H,3-7,10-11H2,1-2H3/t14-/m0/s1. The van der Waals surface area contributed by atoms with Crippen LogP contribution < -0.4 is 20.3 Å². The summed E-state index contributed by atoms with van der Waals surface area (Å²) < 4.78 is 5.95. The summed E-state index contributed by atoms with van der Waals surface area (Å²) in [6.07, 6.45) is 3.20. The van der Waals surface area contributed by atoms with Crippen molar-refractivity contribution in [2.24, 2.45) is 0 Å². The average Bonchev–Trinajstić information content (AvgIpc) is 2.65. The van der Waals surface area contributed by atoms with E-state index in [1.807, 2.05) is 7.05 Å². The van der Waals surface area contributed by atoms with Crippen molar-refractivity contribution in [2.45, 2.75) is 38.8 Å². The highest BCUT2D eigenvalue weighted by atomic mass is 16.5. The van der Waals surface area contributed by atoms with Gasteiger partial charge >= 0.3 is 0 Å². The first-order chi connectivity index (χ1) is 10.7. The van der Waals surface area contributed by atoms with E-state index in [1.165, 1.54) is 11.1 Å². The van der Waals surface area contributed by atoms with E-state index < -0.39 is 0 Å². The molecule has 0 saturated heterocycles. The minimum absolute atomic E-state index is 0.0820. The molecule has 0 saturated carbocycles. The third-order valence-corrected chi connectivity index (χ3v) is 4.48. The Morgan fingerprint density at radius 1 is 1.41 bits per heavy atom. The molecule has 5 heteroatoms. The van der Waals surface area contributed by atoms with Gasteiger partial charge in [-0.1, -0.05) is 13.3 Å². The molecule has 3 rings (SSSR count). The zero-order valence-corrected chi connectivity index (χ0v) is 13.4. The first kappa shape index (κ1) is 15.3. The molecule has 5 nitrogen and oxygen atoms in total. The molecule has 2 aliphatic rings. The van der Waals surface area contributed by atoms with E-state index in [0.29, 0.717) is 6.61 Å². The lowest BCUT2D eigenvalue weighted by atomic mass is 9.99. The monoisotopic (exact) mass is 303 g/mol. The predicted molar refractivity (Wildman–Crippen MR) is 87.5 cm³/mol. The molecule has 1 aromatic rings. The Morgan fingerprint density at radius 2 is 2.27 bits per heavy atom. The minimum Gasteiger partial charge on any atom is -0.489 e. The highest BCUT2D eigenvalue weighted by Gasteiger charge is 2.29. The van der Waals surface area contributed by atoms with Gasteiger partial charge in [0.15, 0.2) is 0 Å². The van der Waals surface area contributed by atoms with Crippen LogP contribution in [0, 0.1) is 0 Å². The van der Waals surface area contributed by atoms with Gasteiger partial charge in [-0.15, -0.1) is 0 Å². The quantitative estimate of drug-likeness (QED) is 0.827. The molecule has 0 fully saturated rings. The molecule has 0 spiro atoms. The van der Waals surface area contributed by atoms with Gasteiger partial charge in [0.25, 0.3) is 0 Å². The highest BCUT2D eigenvalue weighted by Crippen LogP contribution is 2.34. The van der Waals surface area contributed by atoms with Crippen LogP contribution in [0.5, 0.6) is 5.75 Å². The summed E-state index contributed by atoms with van der Waals surface area (Å²) >= 11 is 0. The fourth-order valence-corrected chi connectivity index (χ4v) is 3.07. The summed E-state index contributed by atoms with van der Waals surface area (Å²) in [4.78, 5) is 14.4. The number of ether oxygens (including phenoxy) is 1. The van der Waals surface area contributed by atoms with Crippen molar-refractivity contribution in [3.05, 3.63) is 23.3 Å². The van der Waals surface area contributed by atoms with Crippen molar-refractivity contribution in [1.82, 2.24) is 10.6 Å².